The van der Waals surface area contributed by atoms with Crippen molar-refractivity contribution in [3.8, 4) is 0 Å². The Bertz CT molecular complexity index is 1220. The second-order valence-electron chi connectivity index (χ2n) is 15.9. The fraction of sp³-hybridized carbons (Fsp3) is 0.766. The first kappa shape index (κ1) is 56.1. The summed E-state index contributed by atoms with van der Waals surface area (Å²) in [5.41, 5.74) is 0. The predicted octanol–water partition coefficient (Wildman–Crippen LogP) is 9.42. The van der Waals surface area contributed by atoms with Crippen molar-refractivity contribution < 1.29 is 58.3 Å². The Morgan fingerprint density at radius 2 is 0.967 bits per heavy atom. The first-order chi connectivity index (χ1) is 29.0. The minimum absolute atomic E-state index is 0.0997. The fourth-order valence-electron chi connectivity index (χ4n) is 6.74. The zero-order valence-electron chi connectivity index (χ0n) is 37.0. The number of unbranched alkanes of at least 4 members (excludes halogenated alkanes) is 16. The van der Waals surface area contributed by atoms with Gasteiger partial charge >= 0.3 is 13.8 Å². The minimum Gasteiger partial charge on any atom is -0.457 e. The molecule has 1 saturated carbocycles. The van der Waals surface area contributed by atoms with Crippen LogP contribution in [0.4, 0.5) is 0 Å². The van der Waals surface area contributed by atoms with Gasteiger partial charge in [-0.2, -0.15) is 0 Å². The first-order valence-corrected chi connectivity index (χ1v) is 24.6. The van der Waals surface area contributed by atoms with Crippen LogP contribution in [-0.4, -0.2) is 98.9 Å². The molecule has 0 saturated heterocycles. The van der Waals surface area contributed by atoms with Crippen LogP contribution in [-0.2, 0) is 27.9 Å². The number of carbonyl (C=O) groups is 1. The number of rotatable bonds is 38. The molecule has 0 aromatic heterocycles. The number of phosphoric ester groups is 1. The molecule has 0 amide bonds. The topological polar surface area (TPSA) is 192 Å². The Labute approximate surface area is 362 Å². The third-order valence-corrected chi connectivity index (χ3v) is 11.4. The predicted molar refractivity (Wildman–Crippen MR) is 239 cm³/mol. The highest BCUT2D eigenvalue weighted by Crippen LogP contribution is 2.47. The standard InChI is InChI=1S/C47H83O12P/c1-3-5-7-9-11-13-15-17-19-21-22-24-26-28-30-32-34-36-41(48)58-40(39-57-60(54,55)59-47-45(52)43(50)42(49)44(51)46(47)53)38-56-37-35-33-31-29-27-25-23-20-18-16-14-12-10-8-6-4-2/h5,7,11,13,17,19,22,24,28,30,40,42-47,49-53H,3-4,6,8-10,12,14-16,18,20-21,23,25-27,29,31-39H2,1-2H3,(H,54,55)/b7-5-,13-11-,19-17-,24-22-,30-28-/t40-,42?,43-,44?,45?,46?,47?/m1/s1. The third kappa shape index (κ3) is 29.4. The van der Waals surface area contributed by atoms with Crippen LogP contribution in [0.25, 0.3) is 0 Å². The van der Waals surface area contributed by atoms with Crippen LogP contribution in [0.5, 0.6) is 0 Å². The number of allylic oxidation sites excluding steroid dienone is 10. The zero-order chi connectivity index (χ0) is 44.1. The van der Waals surface area contributed by atoms with Gasteiger partial charge in [-0.05, 0) is 51.4 Å². The summed E-state index contributed by atoms with van der Waals surface area (Å²) in [6.07, 6.45) is 34.4. The summed E-state index contributed by atoms with van der Waals surface area (Å²) >= 11 is 0. The van der Waals surface area contributed by atoms with Gasteiger partial charge < -0.3 is 39.9 Å². The van der Waals surface area contributed by atoms with E-state index >= 15 is 0 Å². The summed E-state index contributed by atoms with van der Waals surface area (Å²) in [5, 5.41) is 50.2. The van der Waals surface area contributed by atoms with Gasteiger partial charge in [0.2, 0.25) is 0 Å². The maximum absolute atomic E-state index is 12.8. The van der Waals surface area contributed by atoms with E-state index in [9.17, 15) is 39.8 Å². The van der Waals surface area contributed by atoms with Gasteiger partial charge in [0.25, 0.3) is 0 Å². The Hall–Kier alpha value is -1.96. The van der Waals surface area contributed by atoms with E-state index in [0.29, 0.717) is 19.4 Å². The van der Waals surface area contributed by atoms with Crippen molar-refractivity contribution >= 4 is 13.8 Å². The molecule has 6 unspecified atom stereocenters. The molecule has 8 atom stereocenters. The van der Waals surface area contributed by atoms with Crippen LogP contribution in [0.3, 0.4) is 0 Å². The normalized spacial score (nSPS) is 22.9. The van der Waals surface area contributed by atoms with Crippen LogP contribution in [0.15, 0.2) is 60.8 Å². The lowest BCUT2D eigenvalue weighted by Crippen LogP contribution is -2.64. The number of ether oxygens (including phenoxy) is 2. The highest BCUT2D eigenvalue weighted by Gasteiger charge is 2.51. The molecule has 1 rings (SSSR count). The maximum atomic E-state index is 12.8. The quantitative estimate of drug-likeness (QED) is 0.0149. The molecule has 0 aromatic carbocycles. The molecular formula is C47H83O12P. The van der Waals surface area contributed by atoms with Crippen LogP contribution in [0.1, 0.15) is 168 Å². The largest absolute Gasteiger partial charge is 0.472 e. The number of hydrogen-bond acceptors (Lipinski definition) is 11. The van der Waals surface area contributed by atoms with Crippen molar-refractivity contribution in [2.24, 2.45) is 0 Å². The molecule has 0 radical (unpaired) electrons. The van der Waals surface area contributed by atoms with E-state index in [0.717, 1.165) is 51.4 Å². The van der Waals surface area contributed by atoms with E-state index < -0.39 is 63.1 Å². The van der Waals surface area contributed by atoms with Gasteiger partial charge in [0.05, 0.1) is 13.2 Å². The van der Waals surface area contributed by atoms with Crippen LogP contribution in [0, 0.1) is 0 Å². The minimum atomic E-state index is -5.03. The average Bonchev–Trinajstić information content (AvgIpc) is 3.23. The van der Waals surface area contributed by atoms with Gasteiger partial charge in [0.1, 0.15) is 42.7 Å². The molecule has 0 bridgehead atoms. The lowest BCUT2D eigenvalue weighted by Gasteiger charge is -2.41. The van der Waals surface area contributed by atoms with Gasteiger partial charge in [-0.25, -0.2) is 4.57 Å². The van der Waals surface area contributed by atoms with Gasteiger partial charge in [0.15, 0.2) is 0 Å². The monoisotopic (exact) mass is 871 g/mol. The summed E-state index contributed by atoms with van der Waals surface area (Å²) in [5.74, 6) is -0.533. The van der Waals surface area contributed by atoms with E-state index in [2.05, 4.69) is 62.5 Å². The van der Waals surface area contributed by atoms with Crippen molar-refractivity contribution in [3.05, 3.63) is 60.8 Å². The van der Waals surface area contributed by atoms with E-state index in [4.69, 9.17) is 18.5 Å². The highest BCUT2D eigenvalue weighted by atomic mass is 31.2. The fourth-order valence-corrected chi connectivity index (χ4v) is 7.72. The van der Waals surface area contributed by atoms with Crippen molar-refractivity contribution in [2.45, 2.75) is 211 Å². The Morgan fingerprint density at radius 3 is 1.43 bits per heavy atom. The lowest BCUT2D eigenvalue weighted by atomic mass is 9.85. The number of carbonyl (C=O) groups excluding carboxylic acids is 1. The Kier molecular flexibility index (Phi) is 35.1. The Morgan fingerprint density at radius 1 is 0.550 bits per heavy atom. The maximum Gasteiger partial charge on any atom is 0.472 e. The van der Waals surface area contributed by atoms with Gasteiger partial charge in [-0.3, -0.25) is 13.8 Å². The number of aliphatic hydroxyl groups is 5. The average molecular weight is 871 g/mol. The van der Waals surface area contributed by atoms with Crippen LogP contribution in [0.2, 0.25) is 0 Å². The number of phosphoric acid groups is 1. The molecule has 1 fully saturated rings. The van der Waals surface area contributed by atoms with Gasteiger partial charge in [-0.1, -0.05) is 171 Å². The van der Waals surface area contributed by atoms with Gasteiger partial charge in [-0.15, -0.1) is 0 Å². The summed E-state index contributed by atoms with van der Waals surface area (Å²) in [7, 11) is -5.03. The Balaban J connectivity index is 2.44. The lowest BCUT2D eigenvalue weighted by molar-refractivity contribution is -0.220. The summed E-state index contributed by atoms with van der Waals surface area (Å²) in [6, 6.07) is 0. The third-order valence-electron chi connectivity index (χ3n) is 10.4. The van der Waals surface area contributed by atoms with Crippen molar-refractivity contribution in [2.75, 3.05) is 19.8 Å². The molecule has 60 heavy (non-hydrogen) atoms. The van der Waals surface area contributed by atoms with E-state index in [-0.39, 0.29) is 13.0 Å². The second kappa shape index (κ2) is 37.6. The molecule has 0 heterocycles. The molecule has 12 nitrogen and oxygen atoms in total. The van der Waals surface area contributed by atoms with E-state index in [1.807, 2.05) is 12.2 Å². The SMILES string of the molecule is CC/C=C\C/C=C\C/C=C\C/C=C\C/C=C\CCCC(=O)O[C@H](COCCCCCCCCCCCCCCCCCC)COP(=O)(O)OC1C(O)C(O)C(O)[C@@H](O)C1O. The van der Waals surface area contributed by atoms with Crippen LogP contribution >= 0.6 is 7.82 Å². The molecule has 348 valence electrons. The molecule has 1 aliphatic rings. The molecule has 1 aliphatic carbocycles. The highest BCUT2D eigenvalue weighted by molar-refractivity contribution is 7.47. The molecule has 6 N–H and O–H groups in total. The van der Waals surface area contributed by atoms with Crippen molar-refractivity contribution in [1.29, 1.82) is 0 Å². The zero-order valence-corrected chi connectivity index (χ0v) is 37.9. The summed E-state index contributed by atoms with van der Waals surface area (Å²) < 4.78 is 34.1. The number of aliphatic hydroxyl groups excluding tert-OH is 5. The second-order valence-corrected chi connectivity index (χ2v) is 17.3. The van der Waals surface area contributed by atoms with E-state index in [1.54, 1.807) is 0 Å². The molecule has 0 aromatic rings. The summed E-state index contributed by atoms with van der Waals surface area (Å²) in [6.45, 7) is 4.09. The summed E-state index contributed by atoms with van der Waals surface area (Å²) in [4.78, 5) is 23.1. The first-order valence-electron chi connectivity index (χ1n) is 23.1. The smallest absolute Gasteiger partial charge is 0.457 e. The molecule has 0 aliphatic heterocycles. The van der Waals surface area contributed by atoms with E-state index in [1.165, 1.54) is 83.5 Å². The van der Waals surface area contributed by atoms with Gasteiger partial charge in [0, 0.05) is 13.0 Å². The number of esters is 1. The molecule has 13 heteroatoms. The number of hydrogen-bond donors (Lipinski definition) is 6. The van der Waals surface area contributed by atoms with Crippen molar-refractivity contribution in [1.82, 2.24) is 0 Å². The van der Waals surface area contributed by atoms with Crippen LogP contribution < -0.4 is 0 Å². The molecular weight excluding hydrogens is 787 g/mol. The van der Waals surface area contributed by atoms with Crippen molar-refractivity contribution in [3.63, 3.8) is 0 Å². The molecule has 0 spiro atoms.